The van der Waals surface area contributed by atoms with E-state index in [1.807, 2.05) is 61.1 Å². The molecular weight excluding hydrogens is 492 g/mol. The van der Waals surface area contributed by atoms with Crippen LogP contribution in [-0.4, -0.2) is 70.1 Å². The minimum atomic E-state index is -0.119. The molecule has 0 aliphatic carbocycles. The lowest BCUT2D eigenvalue weighted by Gasteiger charge is -2.28. The third-order valence-corrected chi connectivity index (χ3v) is 7.66. The molecule has 0 bridgehead atoms. The van der Waals surface area contributed by atoms with E-state index in [0.29, 0.717) is 30.0 Å². The fourth-order valence-corrected chi connectivity index (χ4v) is 5.61. The highest BCUT2D eigenvalue weighted by Crippen LogP contribution is 2.31. The number of rotatable bonds is 7. The molecule has 0 saturated carbocycles. The Labute approximate surface area is 226 Å². The van der Waals surface area contributed by atoms with Gasteiger partial charge in [0.25, 0.3) is 5.91 Å². The summed E-state index contributed by atoms with van der Waals surface area (Å²) in [6.45, 7) is 8.06. The van der Waals surface area contributed by atoms with E-state index >= 15 is 0 Å². The lowest BCUT2D eigenvalue weighted by molar-refractivity contribution is 0.0935. The predicted molar refractivity (Wildman–Crippen MR) is 151 cm³/mol. The van der Waals surface area contributed by atoms with Crippen LogP contribution >= 0.6 is 0 Å². The van der Waals surface area contributed by atoms with Crippen LogP contribution in [0, 0.1) is 6.92 Å². The van der Waals surface area contributed by atoms with Gasteiger partial charge < -0.3 is 10.6 Å². The number of carbonyl (C=O) groups excluding carboxylic acids is 1. The highest BCUT2D eigenvalue weighted by molar-refractivity contribution is 6.01. The van der Waals surface area contributed by atoms with Gasteiger partial charge in [0.05, 0.1) is 45.8 Å². The second kappa shape index (κ2) is 9.81. The number of fused-ring (bicyclic) bond motifs is 3. The second-order valence-corrected chi connectivity index (χ2v) is 10.7. The highest BCUT2D eigenvalue weighted by atomic mass is 16.1. The van der Waals surface area contributed by atoms with Crippen molar-refractivity contribution in [2.24, 2.45) is 14.1 Å². The summed E-state index contributed by atoms with van der Waals surface area (Å²) in [5, 5.41) is 21.1. The quantitative estimate of drug-likeness (QED) is 0.333. The lowest BCUT2D eigenvalue weighted by atomic mass is 10.1. The molecule has 0 radical (unpaired) electrons. The van der Waals surface area contributed by atoms with Crippen LogP contribution < -0.4 is 10.6 Å². The Kier molecular flexibility index (Phi) is 6.30. The first-order valence-electron chi connectivity index (χ1n) is 13.4. The summed E-state index contributed by atoms with van der Waals surface area (Å²) in [6, 6.07) is 4.79. The van der Waals surface area contributed by atoms with Crippen LogP contribution in [0.4, 0.5) is 11.5 Å². The monoisotopic (exact) mass is 526 g/mol. The van der Waals surface area contributed by atoms with Gasteiger partial charge in [-0.1, -0.05) is 0 Å². The zero-order valence-electron chi connectivity index (χ0n) is 23.0. The molecule has 5 aromatic rings. The smallest absolute Gasteiger partial charge is 0.252 e. The van der Waals surface area contributed by atoms with E-state index in [9.17, 15) is 4.79 Å². The van der Waals surface area contributed by atoms with E-state index in [4.69, 9.17) is 5.10 Å². The maximum absolute atomic E-state index is 13.0. The molecule has 11 heteroatoms. The molecule has 1 aliphatic heterocycles. The first-order valence-corrected chi connectivity index (χ1v) is 13.4. The van der Waals surface area contributed by atoms with Crippen LogP contribution in [0.1, 0.15) is 42.7 Å². The van der Waals surface area contributed by atoms with Crippen LogP contribution in [0.25, 0.3) is 27.5 Å². The third-order valence-electron chi connectivity index (χ3n) is 7.66. The van der Waals surface area contributed by atoms with Crippen LogP contribution in [0.3, 0.4) is 0 Å². The number of hydrogen-bond donors (Lipinski definition) is 2. The van der Waals surface area contributed by atoms with E-state index in [2.05, 4.69) is 50.6 Å². The zero-order chi connectivity index (χ0) is 27.3. The number of hydrogen-bond acceptors (Lipinski definition) is 7. The minimum absolute atomic E-state index is 0.119. The van der Waals surface area contributed by atoms with Crippen LogP contribution in [0.5, 0.6) is 0 Å². The average Bonchev–Trinajstić information content (AvgIpc) is 3.69. The van der Waals surface area contributed by atoms with Crippen molar-refractivity contribution >= 4 is 33.8 Å². The Morgan fingerprint density at radius 2 is 1.95 bits per heavy atom. The molecule has 1 atom stereocenters. The normalized spacial score (nSPS) is 16.1. The second-order valence-electron chi connectivity index (χ2n) is 10.7. The van der Waals surface area contributed by atoms with Gasteiger partial charge in [-0.05, 0) is 52.3 Å². The van der Waals surface area contributed by atoms with Gasteiger partial charge in [0.15, 0.2) is 5.82 Å². The van der Waals surface area contributed by atoms with E-state index in [0.717, 1.165) is 51.9 Å². The van der Waals surface area contributed by atoms with E-state index < -0.39 is 0 Å². The van der Waals surface area contributed by atoms with Gasteiger partial charge in [-0.2, -0.15) is 15.3 Å². The van der Waals surface area contributed by atoms with E-state index in [1.54, 1.807) is 10.9 Å². The van der Waals surface area contributed by atoms with Gasteiger partial charge in [0, 0.05) is 62.4 Å². The Morgan fingerprint density at radius 3 is 2.72 bits per heavy atom. The summed E-state index contributed by atoms with van der Waals surface area (Å²) in [6.07, 6.45) is 11.5. The Hall–Kier alpha value is -4.25. The van der Waals surface area contributed by atoms with Gasteiger partial charge >= 0.3 is 0 Å². The number of anilines is 2. The fourth-order valence-electron chi connectivity index (χ4n) is 5.61. The summed E-state index contributed by atoms with van der Waals surface area (Å²) >= 11 is 0. The number of amides is 1. The fraction of sp³-hybridized carbons (Fsp3) is 0.393. The van der Waals surface area contributed by atoms with E-state index in [1.165, 1.54) is 6.42 Å². The first-order chi connectivity index (χ1) is 18.8. The SMILES string of the molecule is Cc1ncc(C(=O)NC[C@@H]2CCCN2C(C)C)cc1Nc1nn(C)c2c1cnn1cc(-c3cnn(C)c3)cc21. The van der Waals surface area contributed by atoms with Gasteiger partial charge in [-0.3, -0.25) is 24.0 Å². The molecule has 0 spiro atoms. The summed E-state index contributed by atoms with van der Waals surface area (Å²) in [5.74, 6) is 0.541. The molecule has 202 valence electrons. The maximum Gasteiger partial charge on any atom is 0.252 e. The van der Waals surface area contributed by atoms with Crippen molar-refractivity contribution < 1.29 is 4.79 Å². The molecule has 6 rings (SSSR count). The third kappa shape index (κ3) is 4.63. The summed E-state index contributed by atoms with van der Waals surface area (Å²) in [7, 11) is 3.82. The molecule has 1 saturated heterocycles. The van der Waals surface area contributed by atoms with Crippen LogP contribution in [-0.2, 0) is 14.1 Å². The number of likely N-dealkylation sites (tertiary alicyclic amines) is 1. The molecule has 39 heavy (non-hydrogen) atoms. The number of carbonyl (C=O) groups is 1. The molecule has 6 heterocycles. The Morgan fingerprint density at radius 1 is 1.10 bits per heavy atom. The first kappa shape index (κ1) is 25.1. The van der Waals surface area contributed by atoms with Gasteiger partial charge in [0.2, 0.25) is 0 Å². The molecule has 11 nitrogen and oxygen atoms in total. The molecule has 1 aliphatic rings. The topological polar surface area (TPSA) is 110 Å². The molecule has 0 unspecified atom stereocenters. The standard InChI is InChI=1S/C28H34N10O/c1-17(2)37-8-6-7-22(37)13-30-28(39)19-9-24(18(3)29-11-19)33-27-23-14-32-38-16-20(21-12-31-35(4)15-21)10-25(38)26(23)36(5)34-27/h9-12,14-17,22H,6-8,13H2,1-5H3,(H,30,39)(H,33,34)/t22-/m0/s1. The summed E-state index contributed by atoms with van der Waals surface area (Å²) in [4.78, 5) is 20.0. The van der Waals surface area contributed by atoms with Gasteiger partial charge in [-0.15, -0.1) is 0 Å². The minimum Gasteiger partial charge on any atom is -0.350 e. The van der Waals surface area contributed by atoms with Crippen LogP contribution in [0.2, 0.25) is 0 Å². The largest absolute Gasteiger partial charge is 0.350 e. The van der Waals surface area contributed by atoms with Crippen molar-refractivity contribution in [2.75, 3.05) is 18.4 Å². The molecular formula is C28H34N10O. The van der Waals surface area contributed by atoms with Crippen molar-refractivity contribution in [3.8, 4) is 11.1 Å². The Balaban J connectivity index is 1.26. The van der Waals surface area contributed by atoms with Gasteiger partial charge in [0.1, 0.15) is 0 Å². The Bertz CT molecular complexity index is 1680. The van der Waals surface area contributed by atoms with Crippen molar-refractivity contribution in [1.82, 2.24) is 44.4 Å². The van der Waals surface area contributed by atoms with Crippen molar-refractivity contribution in [1.29, 1.82) is 0 Å². The molecule has 1 amide bonds. The van der Waals surface area contributed by atoms with Crippen molar-refractivity contribution in [2.45, 2.75) is 45.7 Å². The molecule has 1 fully saturated rings. The number of pyridine rings is 1. The average molecular weight is 527 g/mol. The highest BCUT2D eigenvalue weighted by Gasteiger charge is 2.27. The van der Waals surface area contributed by atoms with Crippen molar-refractivity contribution in [3.63, 3.8) is 0 Å². The van der Waals surface area contributed by atoms with Crippen molar-refractivity contribution in [3.05, 3.63) is 54.4 Å². The number of aryl methyl sites for hydroxylation is 3. The summed E-state index contributed by atoms with van der Waals surface area (Å²) in [5.41, 5.74) is 5.99. The molecule has 2 N–H and O–H groups in total. The zero-order valence-corrected chi connectivity index (χ0v) is 23.0. The van der Waals surface area contributed by atoms with Crippen LogP contribution in [0.15, 0.2) is 43.1 Å². The lowest BCUT2D eigenvalue weighted by Crippen LogP contribution is -2.43. The predicted octanol–water partition coefficient (Wildman–Crippen LogP) is 3.67. The van der Waals surface area contributed by atoms with Gasteiger partial charge in [-0.25, -0.2) is 4.52 Å². The molecule has 0 aromatic carbocycles. The maximum atomic E-state index is 13.0. The number of nitrogens with zero attached hydrogens (tertiary/aromatic N) is 8. The summed E-state index contributed by atoms with van der Waals surface area (Å²) < 4.78 is 5.49. The number of aromatic nitrogens is 7. The molecule has 5 aromatic heterocycles. The van der Waals surface area contributed by atoms with E-state index in [-0.39, 0.29) is 5.91 Å². The number of nitrogens with one attached hydrogen (secondary N) is 2.